The first kappa shape index (κ1) is 17.4. The van der Waals surface area contributed by atoms with Crippen LogP contribution < -0.4 is 9.62 Å². The molecule has 0 aromatic heterocycles. The maximum Gasteiger partial charge on any atom is 0.241 e. The quantitative estimate of drug-likeness (QED) is 0.837. The summed E-state index contributed by atoms with van der Waals surface area (Å²) in [5.74, 6) is -0.172. The van der Waals surface area contributed by atoms with E-state index in [0.29, 0.717) is 18.7 Å². The number of amides is 1. The number of hydrogen-bond acceptors (Lipinski definition) is 5. The third-order valence-electron chi connectivity index (χ3n) is 4.42. The van der Waals surface area contributed by atoms with Crippen molar-refractivity contribution in [1.29, 1.82) is 0 Å². The van der Waals surface area contributed by atoms with Gasteiger partial charge >= 0.3 is 0 Å². The van der Waals surface area contributed by atoms with Gasteiger partial charge in [0, 0.05) is 24.2 Å². The van der Waals surface area contributed by atoms with E-state index >= 15 is 0 Å². The second kappa shape index (κ2) is 5.82. The van der Waals surface area contributed by atoms with Gasteiger partial charge in [-0.05, 0) is 44.0 Å². The largest absolute Gasteiger partial charge is 0.312 e. The predicted octanol–water partition coefficient (Wildman–Crippen LogP) is 0.669. The highest BCUT2D eigenvalue weighted by atomic mass is 32.2. The minimum absolute atomic E-state index is 0.0119. The van der Waals surface area contributed by atoms with E-state index in [1.54, 1.807) is 24.0 Å². The zero-order valence-electron chi connectivity index (χ0n) is 13.4. The minimum atomic E-state index is -3.82. The number of anilines is 1. The van der Waals surface area contributed by atoms with E-state index in [2.05, 4.69) is 4.72 Å². The molecule has 9 heteroatoms. The van der Waals surface area contributed by atoms with Crippen LogP contribution in [0.1, 0.15) is 26.2 Å². The Kier molecular flexibility index (Phi) is 4.21. The third-order valence-corrected chi connectivity index (χ3v) is 7.97. The zero-order valence-corrected chi connectivity index (χ0v) is 15.0. The molecule has 3 rings (SSSR count). The summed E-state index contributed by atoms with van der Waals surface area (Å²) in [6, 6.07) is 6.09. The Hall–Kier alpha value is -1.45. The van der Waals surface area contributed by atoms with Gasteiger partial charge in [-0.1, -0.05) is 0 Å². The van der Waals surface area contributed by atoms with Gasteiger partial charge in [0.25, 0.3) is 0 Å². The van der Waals surface area contributed by atoms with Gasteiger partial charge in [-0.25, -0.2) is 21.6 Å². The highest BCUT2D eigenvalue weighted by Crippen LogP contribution is 2.27. The molecular formula is C15H20N2O5S2. The Morgan fingerprint density at radius 1 is 1.21 bits per heavy atom. The van der Waals surface area contributed by atoms with Crippen LogP contribution in [-0.4, -0.2) is 46.3 Å². The van der Waals surface area contributed by atoms with Crippen molar-refractivity contribution in [1.82, 2.24) is 4.72 Å². The Morgan fingerprint density at radius 2 is 1.88 bits per heavy atom. The van der Waals surface area contributed by atoms with E-state index in [9.17, 15) is 21.6 Å². The molecule has 1 atom stereocenters. The van der Waals surface area contributed by atoms with Crippen LogP contribution >= 0.6 is 0 Å². The number of nitrogens with one attached hydrogen (secondary N) is 1. The number of carbonyl (C=O) groups is 1. The molecule has 7 nitrogen and oxygen atoms in total. The summed E-state index contributed by atoms with van der Waals surface area (Å²) in [6.45, 7) is 2.24. The highest BCUT2D eigenvalue weighted by molar-refractivity contribution is 7.92. The molecule has 2 heterocycles. The SMILES string of the molecule is CC1(NS(=O)(=O)c2ccc(N3CCCC3=O)cc2)CCS(=O)(=O)C1. The molecule has 1 aromatic rings. The monoisotopic (exact) mass is 372 g/mol. The molecule has 1 amide bonds. The van der Waals surface area contributed by atoms with E-state index in [1.807, 2.05) is 0 Å². The second-order valence-electron chi connectivity index (χ2n) is 6.65. The van der Waals surface area contributed by atoms with E-state index in [0.717, 1.165) is 6.42 Å². The van der Waals surface area contributed by atoms with Crippen molar-refractivity contribution in [3.63, 3.8) is 0 Å². The van der Waals surface area contributed by atoms with Crippen LogP contribution in [0.15, 0.2) is 29.2 Å². The van der Waals surface area contributed by atoms with Gasteiger partial charge in [0.2, 0.25) is 15.9 Å². The Bertz CT molecular complexity index is 862. The van der Waals surface area contributed by atoms with Crippen LogP contribution in [0.25, 0.3) is 0 Å². The van der Waals surface area contributed by atoms with Crippen LogP contribution in [0.3, 0.4) is 0 Å². The molecule has 2 saturated heterocycles. The molecule has 1 aromatic carbocycles. The van der Waals surface area contributed by atoms with Crippen LogP contribution in [0, 0.1) is 0 Å². The molecule has 2 fully saturated rings. The molecule has 2 aliphatic heterocycles. The number of carbonyl (C=O) groups excluding carboxylic acids is 1. The predicted molar refractivity (Wildman–Crippen MR) is 90.0 cm³/mol. The molecule has 0 bridgehead atoms. The molecular weight excluding hydrogens is 352 g/mol. The van der Waals surface area contributed by atoms with Crippen molar-refractivity contribution in [3.05, 3.63) is 24.3 Å². The lowest BCUT2D eigenvalue weighted by Crippen LogP contribution is -2.46. The van der Waals surface area contributed by atoms with E-state index in [-0.39, 0.29) is 28.7 Å². The lowest BCUT2D eigenvalue weighted by atomic mass is 10.0. The zero-order chi connectivity index (χ0) is 17.6. The minimum Gasteiger partial charge on any atom is -0.312 e. The standard InChI is InChI=1S/C15H20N2O5S2/c1-15(8-10-23(19,20)11-15)16-24(21,22)13-6-4-12(5-7-13)17-9-2-3-14(17)18/h4-7,16H,2-3,8-11H2,1H3. The first-order valence-electron chi connectivity index (χ1n) is 7.75. The van der Waals surface area contributed by atoms with Gasteiger partial charge in [-0.15, -0.1) is 0 Å². The third kappa shape index (κ3) is 3.47. The van der Waals surface area contributed by atoms with Crippen molar-refractivity contribution in [2.75, 3.05) is 23.0 Å². The van der Waals surface area contributed by atoms with Crippen LogP contribution in [0.2, 0.25) is 0 Å². The van der Waals surface area contributed by atoms with Crippen molar-refractivity contribution < 1.29 is 21.6 Å². The molecule has 0 spiro atoms. The summed E-state index contributed by atoms with van der Waals surface area (Å²) >= 11 is 0. The number of rotatable bonds is 4. The van der Waals surface area contributed by atoms with Gasteiger partial charge in [-0.3, -0.25) is 4.79 Å². The highest BCUT2D eigenvalue weighted by Gasteiger charge is 2.41. The van der Waals surface area contributed by atoms with Gasteiger partial charge in [0.15, 0.2) is 9.84 Å². The average molecular weight is 372 g/mol. The van der Waals surface area contributed by atoms with Crippen LogP contribution in [0.4, 0.5) is 5.69 Å². The van der Waals surface area contributed by atoms with E-state index in [4.69, 9.17) is 0 Å². The van der Waals surface area contributed by atoms with Crippen molar-refractivity contribution >= 4 is 31.5 Å². The van der Waals surface area contributed by atoms with Crippen molar-refractivity contribution in [2.24, 2.45) is 0 Å². The first-order chi connectivity index (χ1) is 11.1. The van der Waals surface area contributed by atoms with E-state index in [1.165, 1.54) is 12.1 Å². The summed E-state index contributed by atoms with van der Waals surface area (Å²) in [4.78, 5) is 13.4. The Balaban J connectivity index is 1.79. The Morgan fingerprint density at radius 3 is 2.38 bits per heavy atom. The molecule has 0 aliphatic carbocycles. The summed E-state index contributed by atoms with van der Waals surface area (Å²) in [5.41, 5.74) is -0.313. The number of sulfonamides is 1. The van der Waals surface area contributed by atoms with Gasteiger partial charge in [0.05, 0.1) is 16.4 Å². The van der Waals surface area contributed by atoms with Gasteiger partial charge in [-0.2, -0.15) is 0 Å². The fourth-order valence-electron chi connectivity index (χ4n) is 3.20. The Labute approximate surface area is 142 Å². The summed E-state index contributed by atoms with van der Waals surface area (Å²) in [5, 5.41) is 0. The second-order valence-corrected chi connectivity index (χ2v) is 10.5. The maximum absolute atomic E-state index is 12.5. The van der Waals surface area contributed by atoms with Crippen molar-refractivity contribution in [3.8, 4) is 0 Å². The van der Waals surface area contributed by atoms with Gasteiger partial charge in [0.1, 0.15) is 0 Å². The van der Waals surface area contributed by atoms with Crippen molar-refractivity contribution in [2.45, 2.75) is 36.6 Å². The van der Waals surface area contributed by atoms with E-state index < -0.39 is 25.4 Å². The normalized spacial score (nSPS) is 26.9. The van der Waals surface area contributed by atoms with Crippen LogP contribution in [-0.2, 0) is 24.7 Å². The first-order valence-corrected chi connectivity index (χ1v) is 11.1. The number of hydrogen-bond donors (Lipinski definition) is 1. The fourth-order valence-corrected chi connectivity index (χ4v) is 6.82. The molecule has 2 aliphatic rings. The molecule has 132 valence electrons. The number of nitrogens with zero attached hydrogens (tertiary/aromatic N) is 1. The number of benzene rings is 1. The summed E-state index contributed by atoms with van der Waals surface area (Å²) < 4.78 is 50.8. The molecule has 1 unspecified atom stereocenters. The maximum atomic E-state index is 12.5. The summed E-state index contributed by atoms with van der Waals surface area (Å²) in [7, 11) is -7.03. The van der Waals surface area contributed by atoms with Gasteiger partial charge < -0.3 is 4.90 Å². The number of sulfone groups is 1. The molecule has 24 heavy (non-hydrogen) atoms. The fraction of sp³-hybridized carbons (Fsp3) is 0.533. The molecule has 0 saturated carbocycles. The molecule has 1 N–H and O–H groups in total. The summed E-state index contributed by atoms with van der Waals surface area (Å²) in [6.07, 6.45) is 1.57. The van der Waals surface area contributed by atoms with Crippen LogP contribution in [0.5, 0.6) is 0 Å². The average Bonchev–Trinajstić information content (AvgIpc) is 3.01. The smallest absolute Gasteiger partial charge is 0.241 e. The topological polar surface area (TPSA) is 101 Å². The lowest BCUT2D eigenvalue weighted by Gasteiger charge is -2.23. The lowest BCUT2D eigenvalue weighted by molar-refractivity contribution is -0.117. The molecule has 0 radical (unpaired) electrons.